The summed E-state index contributed by atoms with van der Waals surface area (Å²) >= 11 is 5.79. The highest BCUT2D eigenvalue weighted by Crippen LogP contribution is 2.27. The van der Waals surface area contributed by atoms with Crippen LogP contribution in [0.25, 0.3) is 10.8 Å². The molecule has 2 aromatic carbocycles. The number of pyridine rings is 1. The summed E-state index contributed by atoms with van der Waals surface area (Å²) in [4.78, 5) is 29.2. The maximum atomic E-state index is 13.4. The molecule has 1 heterocycles. The number of aliphatic hydroxyl groups excluding tert-OH is 1. The van der Waals surface area contributed by atoms with Crippen molar-refractivity contribution in [2.45, 2.75) is 26.0 Å². The number of nitrogens with zero attached hydrogens (tertiary/aromatic N) is 1. The van der Waals surface area contributed by atoms with Gasteiger partial charge >= 0.3 is 6.03 Å². The van der Waals surface area contributed by atoms with E-state index in [1.807, 2.05) is 12.1 Å². The lowest BCUT2D eigenvalue weighted by atomic mass is 10.0. The van der Waals surface area contributed by atoms with E-state index in [2.05, 4.69) is 10.3 Å². The molecule has 0 aliphatic carbocycles. The third-order valence-corrected chi connectivity index (χ3v) is 4.94. The second kappa shape index (κ2) is 8.63. The van der Waals surface area contributed by atoms with Gasteiger partial charge in [-0.25, -0.2) is 9.18 Å². The van der Waals surface area contributed by atoms with Crippen LogP contribution in [-0.2, 0) is 0 Å². The van der Waals surface area contributed by atoms with Gasteiger partial charge in [-0.3, -0.25) is 4.79 Å². The van der Waals surface area contributed by atoms with Gasteiger partial charge in [-0.05, 0) is 49.1 Å². The van der Waals surface area contributed by atoms with Crippen molar-refractivity contribution in [3.8, 4) is 0 Å². The number of fused-ring (bicyclic) bond motifs is 1. The number of carbonyl (C=O) groups excluding carboxylic acids is 1. The average Bonchev–Trinajstić information content (AvgIpc) is 2.69. The van der Waals surface area contributed by atoms with E-state index >= 15 is 0 Å². The molecule has 2 atom stereocenters. The van der Waals surface area contributed by atoms with Crippen molar-refractivity contribution in [1.29, 1.82) is 0 Å². The Labute approximate surface area is 171 Å². The summed E-state index contributed by atoms with van der Waals surface area (Å²) in [6, 6.07) is 10.0. The molecule has 0 radical (unpaired) electrons. The minimum absolute atomic E-state index is 0.0510. The molecule has 0 aliphatic rings. The minimum Gasteiger partial charge on any atom is -0.392 e. The molecule has 0 aliphatic heterocycles. The number of carbonyl (C=O) groups is 1. The Balaban J connectivity index is 1.96. The standard InChI is InChI=1S/C21H21ClFN3O3/c1-12(27)11-26(21(29)25-14-7-8-19(23)18(22)9-14)13(2)17-10-24-20(28)16-6-4-3-5-15(16)17/h3-10,12-13,27H,11H2,1-2H3,(H,24,28)(H,25,29)/t12?,13-/m1/s1. The monoisotopic (exact) mass is 417 g/mol. The predicted molar refractivity (Wildman–Crippen MR) is 112 cm³/mol. The number of aromatic nitrogens is 1. The molecule has 1 unspecified atom stereocenters. The van der Waals surface area contributed by atoms with Crippen LogP contribution in [0, 0.1) is 5.82 Å². The number of H-pyrrole nitrogens is 1. The molecule has 3 aromatic rings. The fourth-order valence-corrected chi connectivity index (χ4v) is 3.40. The van der Waals surface area contributed by atoms with Gasteiger partial charge in [0.15, 0.2) is 0 Å². The lowest BCUT2D eigenvalue weighted by Gasteiger charge is -2.31. The van der Waals surface area contributed by atoms with E-state index in [-0.39, 0.29) is 17.1 Å². The van der Waals surface area contributed by atoms with Crippen LogP contribution in [0.1, 0.15) is 25.5 Å². The number of halogens is 2. The molecule has 0 saturated heterocycles. The molecule has 0 bridgehead atoms. The molecular weight excluding hydrogens is 397 g/mol. The van der Waals surface area contributed by atoms with Crippen LogP contribution in [0.2, 0.25) is 5.02 Å². The van der Waals surface area contributed by atoms with E-state index < -0.39 is 24.0 Å². The van der Waals surface area contributed by atoms with Crippen LogP contribution >= 0.6 is 11.6 Å². The van der Waals surface area contributed by atoms with Gasteiger partial charge in [0.25, 0.3) is 5.56 Å². The lowest BCUT2D eigenvalue weighted by molar-refractivity contribution is 0.121. The highest BCUT2D eigenvalue weighted by atomic mass is 35.5. The van der Waals surface area contributed by atoms with E-state index in [4.69, 9.17) is 11.6 Å². The SMILES string of the molecule is CC(O)CN(C(=O)Nc1ccc(F)c(Cl)c1)[C@H](C)c1c[nH]c(=O)c2ccccc12. The van der Waals surface area contributed by atoms with Crippen LogP contribution in [0.4, 0.5) is 14.9 Å². The number of benzene rings is 2. The van der Waals surface area contributed by atoms with E-state index in [1.165, 1.54) is 17.0 Å². The Bertz CT molecular complexity index is 1100. The first kappa shape index (κ1) is 20.8. The van der Waals surface area contributed by atoms with Crippen molar-refractivity contribution in [3.05, 3.63) is 75.4 Å². The summed E-state index contributed by atoms with van der Waals surface area (Å²) in [6.07, 6.45) is 0.793. The van der Waals surface area contributed by atoms with E-state index in [9.17, 15) is 19.1 Å². The maximum absolute atomic E-state index is 13.4. The first-order valence-corrected chi connectivity index (χ1v) is 9.46. The average molecular weight is 418 g/mol. The topological polar surface area (TPSA) is 85.4 Å². The molecule has 0 saturated carbocycles. The third kappa shape index (κ3) is 4.58. The number of nitrogens with one attached hydrogen (secondary N) is 2. The van der Waals surface area contributed by atoms with Crippen molar-refractivity contribution in [2.75, 3.05) is 11.9 Å². The zero-order valence-electron chi connectivity index (χ0n) is 15.9. The summed E-state index contributed by atoms with van der Waals surface area (Å²) < 4.78 is 13.4. The Morgan fingerprint density at radius 1 is 1.24 bits per heavy atom. The number of aliphatic hydroxyl groups is 1. The molecule has 8 heteroatoms. The number of aromatic amines is 1. The van der Waals surface area contributed by atoms with Gasteiger partial charge < -0.3 is 20.3 Å². The molecule has 152 valence electrons. The fraction of sp³-hybridized carbons (Fsp3) is 0.238. The second-order valence-corrected chi connectivity index (χ2v) is 7.26. The number of urea groups is 1. The summed E-state index contributed by atoms with van der Waals surface area (Å²) in [7, 11) is 0. The minimum atomic E-state index is -0.783. The Hall–Kier alpha value is -2.90. The van der Waals surface area contributed by atoms with Crippen molar-refractivity contribution in [2.24, 2.45) is 0 Å². The second-order valence-electron chi connectivity index (χ2n) is 6.86. The van der Waals surface area contributed by atoms with Gasteiger partial charge in [0, 0.05) is 23.8 Å². The zero-order chi connectivity index (χ0) is 21.1. The number of rotatable bonds is 5. The van der Waals surface area contributed by atoms with Crippen LogP contribution in [0.15, 0.2) is 53.5 Å². The summed E-state index contributed by atoms with van der Waals surface area (Å²) in [5.74, 6) is -0.585. The van der Waals surface area contributed by atoms with Crippen LogP contribution in [-0.4, -0.2) is 33.7 Å². The normalized spacial score (nSPS) is 13.1. The predicted octanol–water partition coefficient (Wildman–Crippen LogP) is 4.30. The smallest absolute Gasteiger partial charge is 0.322 e. The maximum Gasteiger partial charge on any atom is 0.322 e. The molecule has 6 nitrogen and oxygen atoms in total. The van der Waals surface area contributed by atoms with Gasteiger partial charge in [-0.2, -0.15) is 0 Å². The largest absolute Gasteiger partial charge is 0.392 e. The number of amides is 2. The first-order chi connectivity index (χ1) is 13.8. The summed E-state index contributed by atoms with van der Waals surface area (Å²) in [5, 5.41) is 13.7. The molecule has 2 amide bonds. The van der Waals surface area contributed by atoms with Gasteiger partial charge in [0.1, 0.15) is 5.82 Å². The molecule has 0 spiro atoms. The van der Waals surface area contributed by atoms with Crippen molar-refractivity contribution < 1.29 is 14.3 Å². The first-order valence-electron chi connectivity index (χ1n) is 9.09. The Kier molecular flexibility index (Phi) is 6.20. The molecule has 0 fully saturated rings. The van der Waals surface area contributed by atoms with E-state index in [0.717, 1.165) is 17.0 Å². The number of hydrogen-bond acceptors (Lipinski definition) is 3. The van der Waals surface area contributed by atoms with E-state index in [0.29, 0.717) is 11.1 Å². The van der Waals surface area contributed by atoms with Crippen LogP contribution < -0.4 is 10.9 Å². The molecule has 29 heavy (non-hydrogen) atoms. The fourth-order valence-electron chi connectivity index (χ4n) is 3.22. The van der Waals surface area contributed by atoms with Gasteiger partial charge in [0.05, 0.1) is 17.2 Å². The van der Waals surface area contributed by atoms with Crippen molar-refractivity contribution in [3.63, 3.8) is 0 Å². The molecule has 3 rings (SSSR count). The van der Waals surface area contributed by atoms with Gasteiger partial charge in [-0.1, -0.05) is 29.8 Å². The number of anilines is 1. The lowest BCUT2D eigenvalue weighted by Crippen LogP contribution is -2.41. The molecule has 3 N–H and O–H groups in total. The van der Waals surface area contributed by atoms with Gasteiger partial charge in [-0.15, -0.1) is 0 Å². The van der Waals surface area contributed by atoms with Crippen LogP contribution in [0.5, 0.6) is 0 Å². The van der Waals surface area contributed by atoms with Crippen LogP contribution in [0.3, 0.4) is 0 Å². The third-order valence-electron chi connectivity index (χ3n) is 4.65. The Morgan fingerprint density at radius 2 is 1.93 bits per heavy atom. The highest BCUT2D eigenvalue weighted by Gasteiger charge is 2.25. The van der Waals surface area contributed by atoms with Crippen molar-refractivity contribution >= 4 is 34.1 Å². The quantitative estimate of drug-likeness (QED) is 0.578. The molecule has 1 aromatic heterocycles. The van der Waals surface area contributed by atoms with E-state index in [1.54, 1.807) is 32.2 Å². The molecular formula is C21H21ClFN3O3. The van der Waals surface area contributed by atoms with Gasteiger partial charge in [0.2, 0.25) is 0 Å². The zero-order valence-corrected chi connectivity index (χ0v) is 16.7. The Morgan fingerprint density at radius 3 is 2.59 bits per heavy atom. The summed E-state index contributed by atoms with van der Waals surface area (Å²) in [5.41, 5.74) is 0.840. The summed E-state index contributed by atoms with van der Waals surface area (Å²) in [6.45, 7) is 3.43. The van der Waals surface area contributed by atoms with Crippen molar-refractivity contribution in [1.82, 2.24) is 9.88 Å². The highest BCUT2D eigenvalue weighted by molar-refractivity contribution is 6.31. The number of hydrogen-bond donors (Lipinski definition) is 3.